The number of aromatic amines is 1. The van der Waals surface area contributed by atoms with Gasteiger partial charge in [0.2, 0.25) is 0 Å². The molecular formula is C14H28N4O2S. The van der Waals surface area contributed by atoms with Gasteiger partial charge in [-0.2, -0.15) is 9.40 Å². The van der Waals surface area contributed by atoms with E-state index < -0.39 is 10.0 Å². The molecule has 6 nitrogen and oxygen atoms in total. The Kier molecular flexibility index (Phi) is 6.37. The van der Waals surface area contributed by atoms with Gasteiger partial charge in [0.15, 0.2) is 5.03 Å². The molecule has 0 radical (unpaired) electrons. The summed E-state index contributed by atoms with van der Waals surface area (Å²) in [5.41, 5.74) is 1.51. The van der Waals surface area contributed by atoms with E-state index in [2.05, 4.69) is 15.5 Å². The third kappa shape index (κ3) is 4.05. The van der Waals surface area contributed by atoms with Gasteiger partial charge >= 0.3 is 0 Å². The van der Waals surface area contributed by atoms with Gasteiger partial charge in [0.1, 0.15) is 0 Å². The molecule has 0 bridgehead atoms. The highest BCUT2D eigenvalue weighted by Crippen LogP contribution is 2.23. The van der Waals surface area contributed by atoms with Crippen molar-refractivity contribution in [3.05, 3.63) is 11.3 Å². The summed E-state index contributed by atoms with van der Waals surface area (Å²) in [6.07, 6.45) is 1.57. The highest BCUT2D eigenvalue weighted by Gasteiger charge is 2.31. The number of rotatable bonds is 8. The van der Waals surface area contributed by atoms with Gasteiger partial charge in [-0.05, 0) is 19.8 Å². The fourth-order valence-electron chi connectivity index (χ4n) is 2.29. The smallest absolute Gasteiger partial charge is 0.262 e. The van der Waals surface area contributed by atoms with Crippen LogP contribution in [0.3, 0.4) is 0 Å². The number of H-pyrrole nitrogens is 1. The van der Waals surface area contributed by atoms with Crippen LogP contribution in [0.1, 0.15) is 51.8 Å². The summed E-state index contributed by atoms with van der Waals surface area (Å²) in [5, 5.41) is 10.2. The average molecular weight is 316 g/mol. The van der Waals surface area contributed by atoms with Gasteiger partial charge in [0.05, 0.1) is 0 Å². The zero-order chi connectivity index (χ0) is 16.2. The van der Waals surface area contributed by atoms with Crippen LogP contribution in [0.2, 0.25) is 0 Å². The van der Waals surface area contributed by atoms with Crippen LogP contribution in [0, 0.1) is 6.92 Å². The molecule has 0 saturated heterocycles. The second-order valence-corrected chi connectivity index (χ2v) is 7.57. The molecule has 1 heterocycles. The van der Waals surface area contributed by atoms with E-state index in [0.717, 1.165) is 24.1 Å². The lowest BCUT2D eigenvalue weighted by Gasteiger charge is -2.25. The third-order valence-electron chi connectivity index (χ3n) is 3.80. The molecule has 0 saturated carbocycles. The van der Waals surface area contributed by atoms with Gasteiger partial charge < -0.3 is 5.32 Å². The first-order valence-corrected chi connectivity index (χ1v) is 8.94. The van der Waals surface area contributed by atoms with E-state index >= 15 is 0 Å². The van der Waals surface area contributed by atoms with Crippen LogP contribution >= 0.6 is 0 Å². The highest BCUT2D eigenvalue weighted by molar-refractivity contribution is 7.89. The maximum atomic E-state index is 12.8. The SMILES string of the molecule is CCC(CC)N(C)S(=O)(=O)c1n[nH]c(C)c1CNC(C)C. The zero-order valence-corrected chi connectivity index (χ0v) is 14.7. The molecule has 0 fully saturated rings. The lowest BCUT2D eigenvalue weighted by Crippen LogP contribution is -2.37. The summed E-state index contributed by atoms with van der Waals surface area (Å²) in [4.78, 5) is 0. The second-order valence-electron chi connectivity index (χ2n) is 5.66. The molecule has 0 aliphatic carbocycles. The summed E-state index contributed by atoms with van der Waals surface area (Å²) in [5.74, 6) is 0. The quantitative estimate of drug-likeness (QED) is 0.769. The van der Waals surface area contributed by atoms with Gasteiger partial charge in [-0.1, -0.05) is 27.7 Å². The molecule has 0 spiro atoms. The minimum absolute atomic E-state index is 0.00193. The monoisotopic (exact) mass is 316 g/mol. The summed E-state index contributed by atoms with van der Waals surface area (Å²) in [6.45, 7) is 10.4. The van der Waals surface area contributed by atoms with Gasteiger partial charge in [-0.15, -0.1) is 0 Å². The molecule has 7 heteroatoms. The Hall–Kier alpha value is -0.920. The Morgan fingerprint density at radius 3 is 2.33 bits per heavy atom. The van der Waals surface area contributed by atoms with Crippen molar-refractivity contribution in [2.45, 2.75) is 71.1 Å². The van der Waals surface area contributed by atoms with Gasteiger partial charge in [-0.3, -0.25) is 5.10 Å². The molecular weight excluding hydrogens is 288 g/mol. The van der Waals surface area contributed by atoms with Crippen molar-refractivity contribution in [1.82, 2.24) is 19.8 Å². The van der Waals surface area contributed by atoms with Crippen molar-refractivity contribution in [1.29, 1.82) is 0 Å². The normalized spacial score (nSPS) is 12.8. The summed E-state index contributed by atoms with van der Waals surface area (Å²) in [6, 6.07) is 0.282. The van der Waals surface area contributed by atoms with Gasteiger partial charge in [-0.25, -0.2) is 8.42 Å². The number of hydrogen-bond acceptors (Lipinski definition) is 4. The van der Waals surface area contributed by atoms with Crippen molar-refractivity contribution in [3.63, 3.8) is 0 Å². The highest BCUT2D eigenvalue weighted by atomic mass is 32.2. The van der Waals surface area contributed by atoms with Crippen LogP contribution in [0.15, 0.2) is 5.03 Å². The molecule has 1 aromatic rings. The molecule has 1 rings (SSSR count). The third-order valence-corrected chi connectivity index (χ3v) is 5.69. The average Bonchev–Trinajstić information content (AvgIpc) is 2.79. The summed E-state index contributed by atoms with van der Waals surface area (Å²) < 4.78 is 27.0. The van der Waals surface area contributed by atoms with Crippen molar-refractivity contribution >= 4 is 10.0 Å². The Morgan fingerprint density at radius 2 is 1.86 bits per heavy atom. The number of sulfonamides is 1. The zero-order valence-electron chi connectivity index (χ0n) is 13.9. The predicted molar refractivity (Wildman–Crippen MR) is 84.6 cm³/mol. The number of aryl methyl sites for hydroxylation is 1. The van der Waals surface area contributed by atoms with E-state index in [9.17, 15) is 8.42 Å². The lowest BCUT2D eigenvalue weighted by molar-refractivity contribution is 0.348. The number of nitrogens with one attached hydrogen (secondary N) is 2. The van der Waals surface area contributed by atoms with Crippen LogP contribution < -0.4 is 5.32 Å². The second kappa shape index (κ2) is 7.38. The maximum absolute atomic E-state index is 12.8. The number of hydrogen-bond donors (Lipinski definition) is 2. The van der Waals surface area contributed by atoms with E-state index in [1.807, 2.05) is 34.6 Å². The van der Waals surface area contributed by atoms with Crippen molar-refractivity contribution < 1.29 is 8.42 Å². The van der Waals surface area contributed by atoms with Crippen LogP contribution in [-0.4, -0.2) is 42.1 Å². The fourth-order valence-corrected chi connectivity index (χ4v) is 3.95. The first-order chi connectivity index (χ1) is 9.75. The molecule has 2 N–H and O–H groups in total. The Labute approximate surface area is 128 Å². The maximum Gasteiger partial charge on any atom is 0.262 e. The number of aromatic nitrogens is 2. The molecule has 21 heavy (non-hydrogen) atoms. The van der Waals surface area contributed by atoms with Gasteiger partial charge in [0.25, 0.3) is 10.0 Å². The molecule has 0 aliphatic heterocycles. The lowest BCUT2D eigenvalue weighted by atomic mass is 10.2. The largest absolute Gasteiger partial charge is 0.310 e. The summed E-state index contributed by atoms with van der Waals surface area (Å²) >= 11 is 0. The van der Waals surface area contributed by atoms with Crippen molar-refractivity contribution in [2.75, 3.05) is 7.05 Å². The Balaban J connectivity index is 3.14. The molecule has 0 atom stereocenters. The van der Waals surface area contributed by atoms with E-state index in [1.165, 1.54) is 4.31 Å². The Bertz CT molecular complexity index is 547. The van der Waals surface area contributed by atoms with Crippen LogP contribution in [-0.2, 0) is 16.6 Å². The topological polar surface area (TPSA) is 78.1 Å². The number of nitrogens with zero attached hydrogens (tertiary/aromatic N) is 2. The van der Waals surface area contributed by atoms with E-state index in [-0.39, 0.29) is 17.1 Å². The first-order valence-electron chi connectivity index (χ1n) is 7.50. The molecule has 0 aliphatic rings. The predicted octanol–water partition coefficient (Wildman–Crippen LogP) is 2.03. The first kappa shape index (κ1) is 18.1. The standard InChI is InChI=1S/C14H28N4O2S/c1-7-12(8-2)18(6)21(19,20)14-13(9-15-10(3)4)11(5)16-17-14/h10,12,15H,7-9H2,1-6H3,(H,16,17). The van der Waals surface area contributed by atoms with Crippen molar-refractivity contribution in [3.8, 4) is 0 Å². The minimum atomic E-state index is -3.57. The molecule has 0 unspecified atom stereocenters. The summed E-state index contributed by atoms with van der Waals surface area (Å²) in [7, 11) is -1.93. The van der Waals surface area contributed by atoms with E-state index in [1.54, 1.807) is 7.05 Å². The van der Waals surface area contributed by atoms with Gasteiger partial charge in [0, 0.05) is 36.9 Å². The van der Waals surface area contributed by atoms with Crippen molar-refractivity contribution in [2.24, 2.45) is 0 Å². The van der Waals surface area contributed by atoms with Crippen LogP contribution in [0.5, 0.6) is 0 Å². The molecule has 0 aromatic carbocycles. The van der Waals surface area contributed by atoms with Crippen LogP contribution in [0.4, 0.5) is 0 Å². The van der Waals surface area contributed by atoms with E-state index in [4.69, 9.17) is 0 Å². The fraction of sp³-hybridized carbons (Fsp3) is 0.786. The van der Waals surface area contributed by atoms with E-state index in [0.29, 0.717) is 6.54 Å². The van der Waals surface area contributed by atoms with Crippen LogP contribution in [0.25, 0.3) is 0 Å². The molecule has 0 amide bonds. The molecule has 122 valence electrons. The Morgan fingerprint density at radius 1 is 1.29 bits per heavy atom. The minimum Gasteiger partial charge on any atom is -0.310 e. The molecule has 1 aromatic heterocycles.